The van der Waals surface area contributed by atoms with E-state index in [1.807, 2.05) is 48.5 Å². The molecule has 1 N–H and O–H groups in total. The van der Waals surface area contributed by atoms with E-state index in [2.05, 4.69) is 16.3 Å². The molecule has 0 aromatic heterocycles. The lowest BCUT2D eigenvalue weighted by molar-refractivity contribution is -0.138. The Balaban J connectivity index is 1.89. The Hall–Kier alpha value is -2.11. The van der Waals surface area contributed by atoms with Gasteiger partial charge in [-0.1, -0.05) is 48.5 Å². The van der Waals surface area contributed by atoms with Gasteiger partial charge in [-0.05, 0) is 39.6 Å². The highest BCUT2D eigenvalue weighted by molar-refractivity contribution is 6.02. The minimum atomic E-state index is -4.15. The van der Waals surface area contributed by atoms with Crippen LogP contribution in [0, 0.1) is 0 Å². The van der Waals surface area contributed by atoms with E-state index in [4.69, 9.17) is 0 Å². The van der Waals surface area contributed by atoms with E-state index in [1.54, 1.807) is 0 Å². The fourth-order valence-electron chi connectivity index (χ4n) is 4.21. The maximum atomic E-state index is 13.1. The maximum Gasteiger partial charge on any atom is 0.389 e. The van der Waals surface area contributed by atoms with Crippen LogP contribution >= 0.6 is 0 Å². The molecule has 1 aliphatic heterocycles. The zero-order valence-corrected chi connectivity index (χ0v) is 15.1. The third-order valence-electron chi connectivity index (χ3n) is 5.44. The summed E-state index contributed by atoms with van der Waals surface area (Å²) < 4.78 is 39.3. The minimum Gasteiger partial charge on any atom is -0.314 e. The fourth-order valence-corrected chi connectivity index (χ4v) is 4.21. The number of hydrogen-bond donors (Lipinski definition) is 1. The van der Waals surface area contributed by atoms with Crippen LogP contribution in [0.2, 0.25) is 0 Å². The molecule has 2 nitrogen and oxygen atoms in total. The Morgan fingerprint density at radius 3 is 2.00 bits per heavy atom. The Labute approximate surface area is 157 Å². The van der Waals surface area contributed by atoms with Crippen LogP contribution in [0.15, 0.2) is 54.6 Å². The van der Waals surface area contributed by atoms with Gasteiger partial charge in [-0.25, -0.2) is 0 Å². The molecule has 0 saturated carbocycles. The van der Waals surface area contributed by atoms with Crippen molar-refractivity contribution in [3.8, 4) is 0 Å². The van der Waals surface area contributed by atoms with Gasteiger partial charge < -0.3 is 5.32 Å². The largest absolute Gasteiger partial charge is 0.389 e. The molecule has 142 valence electrons. The molecule has 3 aromatic rings. The second-order valence-corrected chi connectivity index (χ2v) is 7.19. The van der Waals surface area contributed by atoms with Crippen LogP contribution in [0.5, 0.6) is 0 Å². The number of rotatable bonds is 4. The van der Waals surface area contributed by atoms with Crippen LogP contribution < -0.4 is 5.32 Å². The number of fused-ring (bicyclic) bond motifs is 2. The molecule has 27 heavy (non-hydrogen) atoms. The van der Waals surface area contributed by atoms with Crippen LogP contribution in [0.3, 0.4) is 0 Å². The number of hydrogen-bond acceptors (Lipinski definition) is 2. The van der Waals surface area contributed by atoms with Crippen molar-refractivity contribution in [3.05, 3.63) is 60.2 Å². The highest BCUT2D eigenvalue weighted by Gasteiger charge is 2.32. The predicted octanol–water partition coefficient (Wildman–Crippen LogP) is 5.28. The molecule has 0 amide bonds. The fraction of sp³-hybridized carbons (Fsp3) is 0.364. The minimum absolute atomic E-state index is 0.0848. The van der Waals surface area contributed by atoms with Crippen molar-refractivity contribution >= 4 is 21.5 Å². The summed E-state index contributed by atoms with van der Waals surface area (Å²) >= 11 is 0. The van der Waals surface area contributed by atoms with E-state index >= 15 is 0 Å². The molecule has 4 rings (SSSR count). The molecular formula is C22H23F3N2. The summed E-state index contributed by atoms with van der Waals surface area (Å²) in [5.41, 5.74) is 1.04. The number of alkyl halides is 3. The molecule has 0 radical (unpaired) electrons. The summed E-state index contributed by atoms with van der Waals surface area (Å²) in [6.45, 7) is 3.15. The normalized spacial score (nSPS) is 17.4. The third kappa shape index (κ3) is 3.94. The van der Waals surface area contributed by atoms with Gasteiger partial charge in [-0.3, -0.25) is 4.90 Å². The van der Waals surface area contributed by atoms with Gasteiger partial charge in [0.2, 0.25) is 0 Å². The molecule has 1 saturated heterocycles. The summed E-state index contributed by atoms with van der Waals surface area (Å²) in [6, 6.07) is 18.0. The summed E-state index contributed by atoms with van der Waals surface area (Å²) in [6.07, 6.45) is -4.83. The van der Waals surface area contributed by atoms with Gasteiger partial charge in [-0.2, -0.15) is 13.2 Å². The third-order valence-corrected chi connectivity index (χ3v) is 5.44. The van der Waals surface area contributed by atoms with Gasteiger partial charge in [0, 0.05) is 38.6 Å². The average molecular weight is 372 g/mol. The molecule has 0 bridgehead atoms. The van der Waals surface area contributed by atoms with Gasteiger partial charge >= 0.3 is 6.18 Å². The molecule has 0 spiro atoms. The molecule has 0 unspecified atom stereocenters. The maximum absolute atomic E-state index is 13.1. The van der Waals surface area contributed by atoms with Crippen LogP contribution in [0.4, 0.5) is 13.2 Å². The Bertz CT molecular complexity index is 876. The van der Waals surface area contributed by atoms with Crippen molar-refractivity contribution < 1.29 is 13.2 Å². The van der Waals surface area contributed by atoms with Crippen molar-refractivity contribution in [2.45, 2.75) is 25.1 Å². The second-order valence-electron chi connectivity index (χ2n) is 7.19. The monoisotopic (exact) mass is 372 g/mol. The molecule has 0 aliphatic carbocycles. The van der Waals surface area contributed by atoms with E-state index in [0.29, 0.717) is 0 Å². The van der Waals surface area contributed by atoms with Crippen molar-refractivity contribution in [1.29, 1.82) is 0 Å². The van der Waals surface area contributed by atoms with Crippen molar-refractivity contribution in [2.75, 3.05) is 26.2 Å². The van der Waals surface area contributed by atoms with Crippen molar-refractivity contribution in [3.63, 3.8) is 0 Å². The lowest BCUT2D eigenvalue weighted by Crippen LogP contribution is -2.45. The van der Waals surface area contributed by atoms with Crippen LogP contribution in [0.1, 0.15) is 24.4 Å². The molecule has 1 fully saturated rings. The van der Waals surface area contributed by atoms with Gasteiger partial charge in [0.1, 0.15) is 0 Å². The quantitative estimate of drug-likeness (QED) is 0.627. The zero-order chi connectivity index (χ0) is 18.9. The first kappa shape index (κ1) is 18.3. The Morgan fingerprint density at radius 2 is 1.44 bits per heavy atom. The standard InChI is InChI=1S/C22H23F3N2/c23-22(24,25)10-9-20(27-13-11-26-12-14-27)21-18-7-3-1-5-16(18)15-17-6-2-4-8-19(17)21/h1-8,15,20,26H,9-14H2/t20-/m0/s1. The average Bonchev–Trinajstić information content (AvgIpc) is 2.67. The first-order valence-corrected chi connectivity index (χ1v) is 9.45. The van der Waals surface area contributed by atoms with Gasteiger partial charge in [0.05, 0.1) is 0 Å². The van der Waals surface area contributed by atoms with Gasteiger partial charge in [0.25, 0.3) is 0 Å². The first-order chi connectivity index (χ1) is 13.0. The van der Waals surface area contributed by atoms with E-state index in [0.717, 1.165) is 53.3 Å². The number of piperazine rings is 1. The molecular weight excluding hydrogens is 349 g/mol. The number of halogens is 3. The van der Waals surface area contributed by atoms with E-state index < -0.39 is 12.6 Å². The number of benzene rings is 3. The topological polar surface area (TPSA) is 15.3 Å². The predicted molar refractivity (Wildman–Crippen MR) is 104 cm³/mol. The van der Waals surface area contributed by atoms with Crippen LogP contribution in [-0.4, -0.2) is 37.3 Å². The highest BCUT2D eigenvalue weighted by Crippen LogP contribution is 2.39. The highest BCUT2D eigenvalue weighted by atomic mass is 19.4. The van der Waals surface area contributed by atoms with Gasteiger partial charge in [0.15, 0.2) is 0 Å². The molecule has 1 atom stereocenters. The summed E-state index contributed by atoms with van der Waals surface area (Å²) in [5, 5.41) is 7.58. The van der Waals surface area contributed by atoms with E-state index in [9.17, 15) is 13.2 Å². The Morgan fingerprint density at radius 1 is 0.889 bits per heavy atom. The van der Waals surface area contributed by atoms with Crippen molar-refractivity contribution in [1.82, 2.24) is 10.2 Å². The van der Waals surface area contributed by atoms with Crippen LogP contribution in [0.25, 0.3) is 21.5 Å². The molecule has 5 heteroatoms. The number of nitrogens with one attached hydrogen (secondary N) is 1. The summed E-state index contributed by atoms with van der Waals surface area (Å²) in [4.78, 5) is 2.22. The van der Waals surface area contributed by atoms with Crippen LogP contribution in [-0.2, 0) is 0 Å². The number of nitrogens with zero attached hydrogens (tertiary/aromatic N) is 1. The molecule has 1 heterocycles. The molecule has 1 aliphatic rings. The Kier molecular flexibility index (Phi) is 5.06. The SMILES string of the molecule is FC(F)(F)CC[C@@H](c1c2ccccc2cc2ccccc12)N1CCNCC1. The summed E-state index contributed by atoms with van der Waals surface area (Å²) in [7, 11) is 0. The van der Waals surface area contributed by atoms with Gasteiger partial charge in [-0.15, -0.1) is 0 Å². The molecule has 3 aromatic carbocycles. The van der Waals surface area contributed by atoms with Crippen molar-refractivity contribution in [2.24, 2.45) is 0 Å². The lowest BCUT2D eigenvalue weighted by atomic mass is 9.89. The smallest absolute Gasteiger partial charge is 0.314 e. The zero-order valence-electron chi connectivity index (χ0n) is 15.1. The summed E-state index contributed by atoms with van der Waals surface area (Å²) in [5.74, 6) is 0. The van der Waals surface area contributed by atoms with E-state index in [1.165, 1.54) is 0 Å². The lowest BCUT2D eigenvalue weighted by Gasteiger charge is -2.36. The second kappa shape index (κ2) is 7.49. The first-order valence-electron chi connectivity index (χ1n) is 9.45. The van der Waals surface area contributed by atoms with E-state index in [-0.39, 0.29) is 12.5 Å².